The maximum absolute atomic E-state index is 2.42. The van der Waals surface area contributed by atoms with Gasteiger partial charge < -0.3 is 0 Å². The third-order valence-corrected chi connectivity index (χ3v) is 5.79. The van der Waals surface area contributed by atoms with Crippen LogP contribution >= 0.6 is 0 Å². The molecule has 0 aromatic heterocycles. The molecule has 0 nitrogen and oxygen atoms in total. The molecule has 1 aromatic rings. The second-order valence-electron chi connectivity index (χ2n) is 6.49. The standard InChI is InChI=1S/C17H22/c1-11-5-4-8-13-14-9-10-15(16(11)13)17(14)12-6-2-3-7-12/h4-5,8,12,14-15,17H,2-3,6-7,9-10H2,1H3. The first-order valence-corrected chi connectivity index (χ1v) is 7.45. The van der Waals surface area contributed by atoms with Crippen molar-refractivity contribution in [3.05, 3.63) is 34.9 Å². The lowest BCUT2D eigenvalue weighted by atomic mass is 9.81. The Balaban J connectivity index is 1.77. The van der Waals surface area contributed by atoms with Crippen LogP contribution in [0.3, 0.4) is 0 Å². The van der Waals surface area contributed by atoms with Crippen molar-refractivity contribution in [3.8, 4) is 0 Å². The Morgan fingerprint density at radius 2 is 1.71 bits per heavy atom. The van der Waals surface area contributed by atoms with Gasteiger partial charge in [0, 0.05) is 0 Å². The minimum Gasteiger partial charge on any atom is -0.0617 e. The Hall–Kier alpha value is -0.780. The van der Waals surface area contributed by atoms with Crippen LogP contribution in [0.15, 0.2) is 18.2 Å². The highest BCUT2D eigenvalue weighted by atomic mass is 14.5. The third kappa shape index (κ3) is 1.30. The molecule has 0 aliphatic heterocycles. The molecule has 0 spiro atoms. The monoisotopic (exact) mass is 226 g/mol. The molecule has 2 saturated carbocycles. The van der Waals surface area contributed by atoms with Crippen molar-refractivity contribution in [2.45, 2.75) is 57.3 Å². The van der Waals surface area contributed by atoms with E-state index in [1.807, 2.05) is 0 Å². The van der Waals surface area contributed by atoms with Crippen LogP contribution in [0, 0.1) is 18.8 Å². The van der Waals surface area contributed by atoms with E-state index in [0.717, 1.165) is 23.7 Å². The van der Waals surface area contributed by atoms with E-state index in [2.05, 4.69) is 25.1 Å². The molecule has 2 bridgehead atoms. The fraction of sp³-hybridized carbons (Fsp3) is 0.647. The summed E-state index contributed by atoms with van der Waals surface area (Å²) < 4.78 is 0. The van der Waals surface area contributed by atoms with Crippen LogP contribution < -0.4 is 0 Å². The van der Waals surface area contributed by atoms with Gasteiger partial charge in [0.1, 0.15) is 0 Å². The maximum atomic E-state index is 2.42. The highest BCUT2D eigenvalue weighted by molar-refractivity contribution is 5.47. The first-order valence-electron chi connectivity index (χ1n) is 7.45. The zero-order chi connectivity index (χ0) is 11.4. The van der Waals surface area contributed by atoms with Crippen LogP contribution in [0.2, 0.25) is 0 Å². The Morgan fingerprint density at radius 1 is 0.941 bits per heavy atom. The van der Waals surface area contributed by atoms with Crippen molar-refractivity contribution in [2.24, 2.45) is 11.8 Å². The number of benzene rings is 1. The van der Waals surface area contributed by atoms with Crippen LogP contribution in [0.5, 0.6) is 0 Å². The van der Waals surface area contributed by atoms with Gasteiger partial charge >= 0.3 is 0 Å². The number of fused-ring (bicyclic) bond motifs is 5. The normalized spacial score (nSPS) is 35.5. The molecule has 0 N–H and O–H groups in total. The van der Waals surface area contributed by atoms with E-state index in [1.54, 1.807) is 16.7 Å². The molecule has 3 unspecified atom stereocenters. The van der Waals surface area contributed by atoms with Crippen molar-refractivity contribution in [2.75, 3.05) is 0 Å². The summed E-state index contributed by atoms with van der Waals surface area (Å²) in [6.07, 6.45) is 8.98. The predicted octanol–water partition coefficient (Wildman–Crippen LogP) is 4.78. The van der Waals surface area contributed by atoms with Gasteiger partial charge in [-0.25, -0.2) is 0 Å². The summed E-state index contributed by atoms with van der Waals surface area (Å²) in [5, 5.41) is 0. The molecule has 17 heavy (non-hydrogen) atoms. The Kier molecular flexibility index (Phi) is 2.16. The molecule has 1 aromatic carbocycles. The smallest absolute Gasteiger partial charge is 0.0119 e. The predicted molar refractivity (Wildman–Crippen MR) is 71.3 cm³/mol. The Morgan fingerprint density at radius 3 is 2.47 bits per heavy atom. The highest BCUT2D eigenvalue weighted by Gasteiger charge is 2.49. The molecule has 3 aliphatic carbocycles. The fourth-order valence-electron chi connectivity index (χ4n) is 5.26. The number of rotatable bonds is 1. The van der Waals surface area contributed by atoms with E-state index >= 15 is 0 Å². The van der Waals surface area contributed by atoms with E-state index in [0.29, 0.717) is 0 Å². The summed E-state index contributed by atoms with van der Waals surface area (Å²) in [5.41, 5.74) is 5.07. The molecule has 3 atom stereocenters. The van der Waals surface area contributed by atoms with Gasteiger partial charge in [0.25, 0.3) is 0 Å². The van der Waals surface area contributed by atoms with Gasteiger partial charge in [-0.15, -0.1) is 0 Å². The minimum absolute atomic E-state index is 0.929. The SMILES string of the molecule is Cc1cccc2c1C1CCC2C1C1CCCC1. The molecule has 0 heterocycles. The second-order valence-corrected chi connectivity index (χ2v) is 6.49. The molecule has 2 fully saturated rings. The summed E-state index contributed by atoms with van der Waals surface area (Å²) in [5.74, 6) is 3.94. The van der Waals surface area contributed by atoms with Crippen molar-refractivity contribution in [1.82, 2.24) is 0 Å². The van der Waals surface area contributed by atoms with Gasteiger partial charge in [-0.1, -0.05) is 43.9 Å². The number of hydrogen-bond donors (Lipinski definition) is 0. The molecule has 0 heteroatoms. The van der Waals surface area contributed by atoms with E-state index in [-0.39, 0.29) is 0 Å². The Bertz CT molecular complexity index is 439. The van der Waals surface area contributed by atoms with Crippen LogP contribution in [-0.2, 0) is 0 Å². The van der Waals surface area contributed by atoms with Crippen LogP contribution in [0.25, 0.3) is 0 Å². The maximum Gasteiger partial charge on any atom is -0.0119 e. The van der Waals surface area contributed by atoms with Crippen LogP contribution in [-0.4, -0.2) is 0 Å². The van der Waals surface area contributed by atoms with E-state index in [1.165, 1.54) is 38.5 Å². The summed E-state index contributed by atoms with van der Waals surface area (Å²) >= 11 is 0. The van der Waals surface area contributed by atoms with E-state index in [9.17, 15) is 0 Å². The average molecular weight is 226 g/mol. The zero-order valence-corrected chi connectivity index (χ0v) is 10.8. The lowest BCUT2D eigenvalue weighted by Gasteiger charge is -2.23. The summed E-state index contributed by atoms with van der Waals surface area (Å²) in [6, 6.07) is 7.03. The molecule has 4 rings (SSSR count). The lowest BCUT2D eigenvalue weighted by molar-refractivity contribution is 0.311. The second kappa shape index (κ2) is 3.60. The van der Waals surface area contributed by atoms with Crippen LogP contribution in [0.4, 0.5) is 0 Å². The van der Waals surface area contributed by atoms with Crippen molar-refractivity contribution >= 4 is 0 Å². The first kappa shape index (κ1) is 10.2. The molecule has 3 aliphatic rings. The van der Waals surface area contributed by atoms with Gasteiger partial charge in [-0.3, -0.25) is 0 Å². The first-order chi connectivity index (χ1) is 8.36. The molecular weight excluding hydrogens is 204 g/mol. The molecular formula is C17H22. The number of hydrogen-bond acceptors (Lipinski definition) is 0. The third-order valence-electron chi connectivity index (χ3n) is 5.79. The zero-order valence-electron chi connectivity index (χ0n) is 10.8. The average Bonchev–Trinajstić information content (AvgIpc) is 3.03. The topological polar surface area (TPSA) is 0 Å². The van der Waals surface area contributed by atoms with E-state index < -0.39 is 0 Å². The summed E-state index contributed by atoms with van der Waals surface area (Å²) in [6.45, 7) is 2.32. The van der Waals surface area contributed by atoms with E-state index in [4.69, 9.17) is 0 Å². The van der Waals surface area contributed by atoms with Crippen LogP contribution in [0.1, 0.15) is 67.1 Å². The molecule has 90 valence electrons. The quantitative estimate of drug-likeness (QED) is 0.646. The highest BCUT2D eigenvalue weighted by Crippen LogP contribution is 2.62. The summed E-state index contributed by atoms with van der Waals surface area (Å²) in [4.78, 5) is 0. The number of aryl methyl sites for hydroxylation is 1. The molecule has 0 saturated heterocycles. The van der Waals surface area contributed by atoms with Crippen molar-refractivity contribution < 1.29 is 0 Å². The van der Waals surface area contributed by atoms with Gasteiger partial charge in [0.2, 0.25) is 0 Å². The largest absolute Gasteiger partial charge is 0.0617 e. The Labute approximate surface area is 104 Å². The van der Waals surface area contributed by atoms with Gasteiger partial charge in [0.05, 0.1) is 0 Å². The lowest BCUT2D eigenvalue weighted by Crippen LogP contribution is -2.14. The summed E-state index contributed by atoms with van der Waals surface area (Å²) in [7, 11) is 0. The molecule has 0 amide bonds. The fourth-order valence-corrected chi connectivity index (χ4v) is 5.26. The minimum atomic E-state index is 0.929. The molecule has 0 radical (unpaired) electrons. The van der Waals surface area contributed by atoms with Gasteiger partial charge in [-0.2, -0.15) is 0 Å². The van der Waals surface area contributed by atoms with Gasteiger partial charge in [-0.05, 0) is 60.1 Å². The van der Waals surface area contributed by atoms with Crippen molar-refractivity contribution in [3.63, 3.8) is 0 Å². The van der Waals surface area contributed by atoms with Gasteiger partial charge in [0.15, 0.2) is 0 Å². The van der Waals surface area contributed by atoms with Crippen molar-refractivity contribution in [1.29, 1.82) is 0 Å².